The molecule has 0 aromatic heterocycles. The van der Waals surface area contributed by atoms with Crippen LogP contribution in [0, 0.1) is 0 Å². The Morgan fingerprint density at radius 2 is 1.95 bits per heavy atom. The molecular formula is C15H23F3N2. The predicted octanol–water partition coefficient (Wildman–Crippen LogP) is 3.70. The molecule has 1 N–H and O–H groups in total. The van der Waals surface area contributed by atoms with Crippen molar-refractivity contribution in [2.75, 3.05) is 26.7 Å². The third-order valence-corrected chi connectivity index (χ3v) is 3.17. The van der Waals surface area contributed by atoms with Gasteiger partial charge in [0.15, 0.2) is 0 Å². The van der Waals surface area contributed by atoms with Crippen molar-refractivity contribution < 1.29 is 13.2 Å². The molecule has 0 spiro atoms. The molecule has 0 amide bonds. The lowest BCUT2D eigenvalue weighted by Crippen LogP contribution is -2.33. The van der Waals surface area contributed by atoms with Crippen LogP contribution in [0.5, 0.6) is 0 Å². The summed E-state index contributed by atoms with van der Waals surface area (Å²) >= 11 is 0. The molecule has 1 rings (SSSR count). The van der Waals surface area contributed by atoms with Crippen LogP contribution in [0.25, 0.3) is 0 Å². The minimum atomic E-state index is -4.29. The van der Waals surface area contributed by atoms with E-state index < -0.39 is 11.7 Å². The highest BCUT2D eigenvalue weighted by Gasteiger charge is 2.31. The summed E-state index contributed by atoms with van der Waals surface area (Å²) in [4.78, 5) is 2.13. The summed E-state index contributed by atoms with van der Waals surface area (Å²) in [6.45, 7) is 6.40. The standard InChI is InChI=1S/C15H23F3N2/c1-4-9-20(3)11-14(19-5-2)12-7-6-8-13(10-12)15(16,17)18/h6-8,10,14,19H,4-5,9,11H2,1-3H3. The Bertz CT molecular complexity index is 404. The molecule has 0 radical (unpaired) electrons. The number of likely N-dealkylation sites (N-methyl/N-ethyl adjacent to an activating group) is 2. The van der Waals surface area contributed by atoms with Gasteiger partial charge in [-0.1, -0.05) is 26.0 Å². The Morgan fingerprint density at radius 3 is 2.50 bits per heavy atom. The van der Waals surface area contributed by atoms with Crippen LogP contribution < -0.4 is 5.32 Å². The Balaban J connectivity index is 2.91. The van der Waals surface area contributed by atoms with Gasteiger partial charge in [-0.3, -0.25) is 0 Å². The molecule has 2 nitrogen and oxygen atoms in total. The molecule has 5 heteroatoms. The molecule has 0 aliphatic rings. The number of nitrogens with zero attached hydrogens (tertiary/aromatic N) is 1. The first kappa shape index (κ1) is 17.0. The molecule has 1 aromatic rings. The molecule has 0 heterocycles. The van der Waals surface area contributed by atoms with Crippen LogP contribution in [0.1, 0.15) is 37.4 Å². The zero-order valence-corrected chi connectivity index (χ0v) is 12.3. The van der Waals surface area contributed by atoms with Crippen molar-refractivity contribution in [3.63, 3.8) is 0 Å². The van der Waals surface area contributed by atoms with Crippen molar-refractivity contribution in [3.05, 3.63) is 35.4 Å². The van der Waals surface area contributed by atoms with Gasteiger partial charge in [0.1, 0.15) is 0 Å². The number of hydrogen-bond donors (Lipinski definition) is 1. The molecule has 0 aliphatic heterocycles. The van der Waals surface area contributed by atoms with Crippen LogP contribution in [0.4, 0.5) is 13.2 Å². The monoisotopic (exact) mass is 288 g/mol. The van der Waals surface area contributed by atoms with E-state index in [9.17, 15) is 13.2 Å². The predicted molar refractivity (Wildman–Crippen MR) is 75.6 cm³/mol. The van der Waals surface area contributed by atoms with Crippen LogP contribution in [-0.4, -0.2) is 31.6 Å². The highest BCUT2D eigenvalue weighted by Crippen LogP contribution is 2.30. The maximum atomic E-state index is 12.8. The van der Waals surface area contributed by atoms with Gasteiger partial charge < -0.3 is 10.2 Å². The Morgan fingerprint density at radius 1 is 1.25 bits per heavy atom. The van der Waals surface area contributed by atoms with Gasteiger partial charge in [0.2, 0.25) is 0 Å². The van der Waals surface area contributed by atoms with E-state index in [1.54, 1.807) is 6.07 Å². The van der Waals surface area contributed by atoms with Gasteiger partial charge in [-0.25, -0.2) is 0 Å². The first-order chi connectivity index (χ1) is 9.38. The molecule has 1 atom stereocenters. The van der Waals surface area contributed by atoms with Crippen LogP contribution in [0.2, 0.25) is 0 Å². The van der Waals surface area contributed by atoms with E-state index in [1.807, 2.05) is 14.0 Å². The Kier molecular flexibility index (Phi) is 6.49. The number of benzene rings is 1. The topological polar surface area (TPSA) is 15.3 Å². The van der Waals surface area contributed by atoms with E-state index in [0.717, 1.165) is 25.6 Å². The van der Waals surface area contributed by atoms with Crippen molar-refractivity contribution in [2.45, 2.75) is 32.5 Å². The van der Waals surface area contributed by atoms with Crippen LogP contribution in [-0.2, 0) is 6.18 Å². The summed E-state index contributed by atoms with van der Waals surface area (Å²) in [6.07, 6.45) is -3.26. The maximum absolute atomic E-state index is 12.8. The second-order valence-corrected chi connectivity index (χ2v) is 5.00. The summed E-state index contributed by atoms with van der Waals surface area (Å²) in [5.74, 6) is 0. The quantitative estimate of drug-likeness (QED) is 0.823. The highest BCUT2D eigenvalue weighted by molar-refractivity contribution is 5.28. The van der Waals surface area contributed by atoms with E-state index in [-0.39, 0.29) is 6.04 Å². The van der Waals surface area contributed by atoms with Gasteiger partial charge in [0.05, 0.1) is 5.56 Å². The molecule has 0 saturated heterocycles. The molecule has 1 aromatic carbocycles. The van der Waals surface area contributed by atoms with Crippen molar-refractivity contribution in [1.29, 1.82) is 0 Å². The average Bonchev–Trinajstić information content (AvgIpc) is 2.38. The van der Waals surface area contributed by atoms with Crippen molar-refractivity contribution >= 4 is 0 Å². The van der Waals surface area contributed by atoms with Gasteiger partial charge >= 0.3 is 6.18 Å². The number of alkyl halides is 3. The summed E-state index contributed by atoms with van der Waals surface area (Å²) in [5.41, 5.74) is 0.0978. The number of nitrogens with one attached hydrogen (secondary N) is 1. The van der Waals surface area contributed by atoms with Gasteiger partial charge in [0, 0.05) is 12.6 Å². The molecular weight excluding hydrogens is 265 g/mol. The van der Waals surface area contributed by atoms with Crippen molar-refractivity contribution in [3.8, 4) is 0 Å². The van der Waals surface area contributed by atoms with Crippen molar-refractivity contribution in [2.24, 2.45) is 0 Å². The fourth-order valence-corrected chi connectivity index (χ4v) is 2.25. The average molecular weight is 288 g/mol. The SMILES string of the molecule is CCCN(C)CC(NCC)c1cccc(C(F)(F)F)c1. The summed E-state index contributed by atoms with van der Waals surface area (Å²) in [6, 6.07) is 5.50. The smallest absolute Gasteiger partial charge is 0.309 e. The van der Waals surface area contributed by atoms with Crippen LogP contribution in [0.3, 0.4) is 0 Å². The molecule has 0 aliphatic carbocycles. The van der Waals surface area contributed by atoms with E-state index >= 15 is 0 Å². The third kappa shape index (κ3) is 5.13. The van der Waals surface area contributed by atoms with Crippen LogP contribution >= 0.6 is 0 Å². The van der Waals surface area contributed by atoms with Gasteiger partial charge in [0.25, 0.3) is 0 Å². The normalized spacial score (nSPS) is 13.8. The summed E-state index contributed by atoms with van der Waals surface area (Å²) in [7, 11) is 1.99. The lowest BCUT2D eigenvalue weighted by atomic mass is 10.0. The van der Waals surface area contributed by atoms with Gasteiger partial charge in [-0.2, -0.15) is 13.2 Å². The minimum Gasteiger partial charge on any atom is -0.309 e. The first-order valence-corrected chi connectivity index (χ1v) is 6.97. The van der Waals surface area contributed by atoms with Gasteiger partial charge in [-0.15, -0.1) is 0 Å². The molecule has 0 saturated carbocycles. The fourth-order valence-electron chi connectivity index (χ4n) is 2.25. The van der Waals surface area contributed by atoms with E-state index in [4.69, 9.17) is 0 Å². The zero-order valence-electron chi connectivity index (χ0n) is 12.3. The largest absolute Gasteiger partial charge is 0.416 e. The summed E-state index contributed by atoms with van der Waals surface area (Å²) in [5, 5.41) is 3.26. The lowest BCUT2D eigenvalue weighted by molar-refractivity contribution is -0.137. The second kappa shape index (κ2) is 7.64. The Hall–Kier alpha value is -1.07. The molecule has 1 unspecified atom stereocenters. The molecule has 0 bridgehead atoms. The first-order valence-electron chi connectivity index (χ1n) is 6.97. The van der Waals surface area contributed by atoms with E-state index in [0.29, 0.717) is 12.1 Å². The van der Waals surface area contributed by atoms with Crippen molar-refractivity contribution in [1.82, 2.24) is 10.2 Å². The van der Waals surface area contributed by atoms with E-state index in [2.05, 4.69) is 17.1 Å². The maximum Gasteiger partial charge on any atom is 0.416 e. The molecule has 20 heavy (non-hydrogen) atoms. The molecule has 114 valence electrons. The number of halogens is 3. The highest BCUT2D eigenvalue weighted by atomic mass is 19.4. The molecule has 0 fully saturated rings. The van der Waals surface area contributed by atoms with E-state index in [1.165, 1.54) is 12.1 Å². The zero-order chi connectivity index (χ0) is 15.2. The van der Waals surface area contributed by atoms with Crippen LogP contribution in [0.15, 0.2) is 24.3 Å². The second-order valence-electron chi connectivity index (χ2n) is 5.00. The lowest BCUT2D eigenvalue weighted by Gasteiger charge is -2.25. The number of rotatable bonds is 7. The Labute approximate surface area is 119 Å². The summed E-state index contributed by atoms with van der Waals surface area (Å²) < 4.78 is 38.3. The third-order valence-electron chi connectivity index (χ3n) is 3.17. The minimum absolute atomic E-state index is 0.0844. The number of hydrogen-bond acceptors (Lipinski definition) is 2. The fraction of sp³-hybridized carbons (Fsp3) is 0.600. The van der Waals surface area contributed by atoms with Gasteiger partial charge in [-0.05, 0) is 44.3 Å².